The molecule has 0 N–H and O–H groups in total. The maximum absolute atomic E-state index is 2.53. The van der Waals surface area contributed by atoms with Crippen molar-refractivity contribution in [3.05, 3.63) is 81.2 Å². The third kappa shape index (κ3) is 2.35. The molecule has 3 heteroatoms. The molecule has 0 aromatic heterocycles. The first-order valence-electron chi connectivity index (χ1n) is 8.37. The summed E-state index contributed by atoms with van der Waals surface area (Å²) in [7, 11) is 0. The van der Waals surface area contributed by atoms with E-state index in [4.69, 9.17) is 0 Å². The van der Waals surface area contributed by atoms with Crippen LogP contribution in [-0.2, 0) is 20.0 Å². The van der Waals surface area contributed by atoms with Gasteiger partial charge in [-0.3, -0.25) is 0 Å². The van der Waals surface area contributed by atoms with Gasteiger partial charge in [-0.15, -0.1) is 0 Å². The summed E-state index contributed by atoms with van der Waals surface area (Å²) in [6, 6.07) is 18.4. The van der Waals surface area contributed by atoms with Gasteiger partial charge in [0.2, 0.25) is 0 Å². The Bertz CT molecular complexity index is 794. The second-order valence-electron chi connectivity index (χ2n) is 7.08. The molecular formula is C21H20Cl2Hf. The molecule has 122 valence electrons. The van der Waals surface area contributed by atoms with Crippen molar-refractivity contribution >= 4 is 0 Å². The Hall–Kier alpha value is -0.630. The summed E-state index contributed by atoms with van der Waals surface area (Å²) in [6.07, 6.45) is 8.39. The monoisotopic (exact) mass is 522 g/mol. The van der Waals surface area contributed by atoms with E-state index < -0.39 is 20.0 Å². The Kier molecular flexibility index (Phi) is 4.99. The first-order chi connectivity index (χ1) is 10.8. The molecule has 2 atom stereocenters. The predicted molar refractivity (Wildman–Crippen MR) is 89.8 cm³/mol. The van der Waals surface area contributed by atoms with E-state index in [0.717, 1.165) is 7.35 Å². The van der Waals surface area contributed by atoms with Crippen LogP contribution in [-0.4, -0.2) is 0 Å². The van der Waals surface area contributed by atoms with Crippen LogP contribution in [0, 0.1) is 0 Å². The summed E-state index contributed by atoms with van der Waals surface area (Å²) < 4.78 is 5.19. The third-order valence-corrected chi connectivity index (χ3v) is 27.4. The molecule has 0 spiro atoms. The number of halogens is 2. The van der Waals surface area contributed by atoms with Gasteiger partial charge in [-0.1, -0.05) is 0 Å². The van der Waals surface area contributed by atoms with Crippen molar-refractivity contribution in [2.75, 3.05) is 0 Å². The van der Waals surface area contributed by atoms with Crippen LogP contribution < -0.4 is 24.8 Å². The van der Waals surface area contributed by atoms with Gasteiger partial charge in [-0.2, -0.15) is 0 Å². The van der Waals surface area contributed by atoms with Crippen molar-refractivity contribution in [2.45, 2.75) is 24.9 Å². The summed E-state index contributed by atoms with van der Waals surface area (Å²) in [4.78, 5) is 0. The maximum atomic E-state index is 2.53. The minimum Gasteiger partial charge on any atom is -1.00 e. The third-order valence-electron chi connectivity index (χ3n) is 6.08. The summed E-state index contributed by atoms with van der Waals surface area (Å²) in [5, 5.41) is 0. The number of allylic oxidation sites excluding steroid dienone is 4. The number of hydrogen-bond donors (Lipinski definition) is 0. The SMILES string of the molecule is C[CH]1[CH2][Hf+2]1([C]1=CC=CC1)[CH]1c2ccccc2-c2ccccc21.[Cl-].[Cl-]. The van der Waals surface area contributed by atoms with Gasteiger partial charge in [0, 0.05) is 0 Å². The number of benzene rings is 2. The average Bonchev–Trinajstić information content (AvgIpc) is 2.99. The molecule has 3 aliphatic rings. The van der Waals surface area contributed by atoms with Gasteiger partial charge in [0.05, 0.1) is 0 Å². The Morgan fingerprint density at radius 3 is 1.88 bits per heavy atom. The molecule has 2 unspecified atom stereocenters. The minimum atomic E-state index is -2.44. The van der Waals surface area contributed by atoms with Crippen LogP contribution in [0.25, 0.3) is 11.1 Å². The van der Waals surface area contributed by atoms with E-state index in [9.17, 15) is 0 Å². The average molecular weight is 522 g/mol. The molecule has 2 aromatic rings. The molecule has 1 aliphatic heterocycles. The molecule has 1 fully saturated rings. The molecule has 0 bridgehead atoms. The summed E-state index contributed by atoms with van der Waals surface area (Å²) in [5.74, 6) is 0. The Labute approximate surface area is 161 Å². The minimum absolute atomic E-state index is 0. The molecule has 0 radical (unpaired) electrons. The first kappa shape index (κ1) is 18.2. The molecule has 2 aromatic carbocycles. The van der Waals surface area contributed by atoms with Crippen LogP contribution >= 0.6 is 0 Å². The molecule has 0 nitrogen and oxygen atoms in total. The molecule has 1 saturated heterocycles. The van der Waals surface area contributed by atoms with Gasteiger partial charge in [0.25, 0.3) is 0 Å². The number of hydrogen-bond acceptors (Lipinski definition) is 0. The quantitative estimate of drug-likeness (QED) is 0.489. The topological polar surface area (TPSA) is 0 Å². The number of fused-ring (bicyclic) bond motifs is 3. The Morgan fingerprint density at radius 2 is 1.42 bits per heavy atom. The van der Waals surface area contributed by atoms with E-state index in [1.165, 1.54) is 17.5 Å². The van der Waals surface area contributed by atoms with Crippen molar-refractivity contribution in [3.63, 3.8) is 0 Å². The predicted octanol–water partition coefficient (Wildman–Crippen LogP) is 0.00240. The zero-order chi connectivity index (χ0) is 14.7. The Morgan fingerprint density at radius 1 is 0.875 bits per heavy atom. The normalized spacial score (nSPS) is 23.4. The molecule has 5 rings (SSSR count). The molecule has 24 heavy (non-hydrogen) atoms. The maximum Gasteiger partial charge on any atom is -1.00 e. The van der Waals surface area contributed by atoms with Gasteiger partial charge >= 0.3 is 137 Å². The van der Waals surface area contributed by atoms with Gasteiger partial charge in [0.1, 0.15) is 0 Å². The van der Waals surface area contributed by atoms with Gasteiger partial charge in [0.15, 0.2) is 0 Å². The molecule has 0 amide bonds. The van der Waals surface area contributed by atoms with Crippen LogP contribution in [0.15, 0.2) is 70.1 Å². The van der Waals surface area contributed by atoms with Crippen molar-refractivity contribution in [1.82, 2.24) is 0 Å². The van der Waals surface area contributed by atoms with E-state index in [2.05, 4.69) is 73.7 Å². The second-order valence-corrected chi connectivity index (χ2v) is 23.9. The Balaban J connectivity index is 0.000000845. The van der Waals surface area contributed by atoms with Crippen LogP contribution in [0.5, 0.6) is 0 Å². The second kappa shape index (κ2) is 6.59. The number of rotatable bonds is 2. The summed E-state index contributed by atoms with van der Waals surface area (Å²) in [6.45, 7) is 2.53. The van der Waals surface area contributed by atoms with Gasteiger partial charge in [-0.05, 0) is 0 Å². The fraction of sp³-hybridized carbons (Fsp3) is 0.238. The van der Waals surface area contributed by atoms with E-state index in [0.29, 0.717) is 0 Å². The largest absolute Gasteiger partial charge is 1.00 e. The molecule has 2 aliphatic carbocycles. The van der Waals surface area contributed by atoms with E-state index in [1.807, 2.05) is 3.33 Å². The zero-order valence-corrected chi connectivity index (χ0v) is 18.8. The van der Waals surface area contributed by atoms with Gasteiger partial charge in [-0.25, -0.2) is 0 Å². The fourth-order valence-electron chi connectivity index (χ4n) is 4.99. The van der Waals surface area contributed by atoms with E-state index in [-0.39, 0.29) is 24.8 Å². The fourth-order valence-corrected chi connectivity index (χ4v) is 31.2. The first-order valence-corrected chi connectivity index (χ1v) is 16.9. The summed E-state index contributed by atoms with van der Waals surface area (Å²) >= 11 is -2.44. The van der Waals surface area contributed by atoms with Crippen LogP contribution in [0.3, 0.4) is 0 Å². The zero-order valence-electron chi connectivity index (χ0n) is 13.7. The smallest absolute Gasteiger partial charge is 1.00 e. The van der Waals surface area contributed by atoms with Crippen molar-refractivity contribution in [1.29, 1.82) is 0 Å². The van der Waals surface area contributed by atoms with Crippen LogP contribution in [0.2, 0.25) is 7.85 Å². The van der Waals surface area contributed by atoms with Crippen molar-refractivity contribution < 1.29 is 44.8 Å². The van der Waals surface area contributed by atoms with Crippen molar-refractivity contribution in [2.24, 2.45) is 0 Å². The summed E-state index contributed by atoms with van der Waals surface area (Å²) in [5.41, 5.74) is 6.30. The van der Waals surface area contributed by atoms with Crippen LogP contribution in [0.1, 0.15) is 28.1 Å². The van der Waals surface area contributed by atoms with Crippen molar-refractivity contribution in [3.8, 4) is 11.1 Å². The van der Waals surface area contributed by atoms with E-state index >= 15 is 0 Å². The van der Waals surface area contributed by atoms with Gasteiger partial charge < -0.3 is 24.8 Å². The standard InChI is InChI=1S/C13H9.C5H5.C3H6.2ClH.Hf/c1-3-7-12-10(5-1)9-11-6-2-4-8-13(11)12;1-2-4-5-3-1;1-3-2;;;/h1-9H;1-3H,4H2;3H,1H2,2H3;2*1H;/q;;;;;+2/p-2. The molecule has 0 saturated carbocycles. The molecule has 1 heterocycles. The molecular weight excluding hydrogens is 502 g/mol. The van der Waals surface area contributed by atoms with E-state index in [1.54, 1.807) is 15.3 Å². The van der Waals surface area contributed by atoms with Crippen LogP contribution in [0.4, 0.5) is 0 Å².